The second kappa shape index (κ2) is 5.98. The molecule has 0 unspecified atom stereocenters. The zero-order chi connectivity index (χ0) is 17.7. The molecule has 0 radical (unpaired) electrons. The van der Waals surface area contributed by atoms with Gasteiger partial charge in [0.25, 0.3) is 5.91 Å². The van der Waals surface area contributed by atoms with Gasteiger partial charge < -0.3 is 19.5 Å². The van der Waals surface area contributed by atoms with Gasteiger partial charge in [0.15, 0.2) is 5.06 Å². The van der Waals surface area contributed by atoms with Crippen molar-refractivity contribution in [1.82, 2.24) is 19.9 Å². The van der Waals surface area contributed by atoms with Crippen LogP contribution in [0.5, 0.6) is 5.06 Å². The minimum absolute atomic E-state index is 0.117. The highest BCUT2D eigenvalue weighted by Crippen LogP contribution is 2.36. The maximum absolute atomic E-state index is 13.0. The summed E-state index contributed by atoms with van der Waals surface area (Å²) in [5, 5.41) is 3.70. The van der Waals surface area contributed by atoms with E-state index in [4.69, 9.17) is 4.74 Å². The maximum Gasteiger partial charge on any atom is 0.255 e. The zero-order valence-electron chi connectivity index (χ0n) is 14.4. The Morgan fingerprint density at radius 1 is 1.31 bits per heavy atom. The molecule has 0 aromatic carbocycles. The number of thiophene rings is 1. The Hall–Kier alpha value is -2.61. The molecule has 0 aliphatic carbocycles. The SMILES string of the molecule is COc1cc(C(=O)N2[C@@H]3CC[C@H]2CN(c2ncnc4[nH]ccc24)C3)cs1. The summed E-state index contributed by atoms with van der Waals surface area (Å²) in [6.07, 6.45) is 5.57. The van der Waals surface area contributed by atoms with E-state index in [1.807, 2.05) is 23.7 Å². The van der Waals surface area contributed by atoms with Gasteiger partial charge >= 0.3 is 0 Å². The number of methoxy groups -OCH3 is 1. The molecule has 3 aromatic rings. The number of carbonyl (C=O) groups excluding carboxylic acids is 1. The number of nitrogens with zero attached hydrogens (tertiary/aromatic N) is 4. The van der Waals surface area contributed by atoms with Crippen LogP contribution in [0.15, 0.2) is 30.0 Å². The molecule has 2 bridgehead atoms. The Labute approximate surface area is 154 Å². The third kappa shape index (κ3) is 2.36. The van der Waals surface area contributed by atoms with E-state index >= 15 is 0 Å². The Morgan fingerprint density at radius 2 is 2.12 bits per heavy atom. The van der Waals surface area contributed by atoms with Gasteiger partial charge in [0.1, 0.15) is 17.8 Å². The van der Waals surface area contributed by atoms with Gasteiger partial charge in [-0.15, -0.1) is 11.3 Å². The van der Waals surface area contributed by atoms with Crippen molar-refractivity contribution in [1.29, 1.82) is 0 Å². The first-order valence-corrected chi connectivity index (χ1v) is 9.61. The van der Waals surface area contributed by atoms with Gasteiger partial charge in [-0.05, 0) is 18.9 Å². The predicted molar refractivity (Wildman–Crippen MR) is 100.0 cm³/mol. The number of amides is 1. The van der Waals surface area contributed by atoms with E-state index in [1.54, 1.807) is 13.4 Å². The van der Waals surface area contributed by atoms with E-state index in [0.717, 1.165) is 53.4 Å². The normalized spacial score (nSPS) is 22.2. The fraction of sp³-hybridized carbons (Fsp3) is 0.389. The quantitative estimate of drug-likeness (QED) is 0.768. The lowest BCUT2D eigenvalue weighted by atomic mass is 10.1. The van der Waals surface area contributed by atoms with Gasteiger partial charge in [0, 0.05) is 30.7 Å². The zero-order valence-corrected chi connectivity index (χ0v) is 15.2. The number of anilines is 1. The highest BCUT2D eigenvalue weighted by Gasteiger charge is 2.43. The molecule has 2 aliphatic heterocycles. The average Bonchev–Trinajstić information content (AvgIpc) is 3.38. The second-order valence-electron chi connectivity index (χ2n) is 6.80. The lowest BCUT2D eigenvalue weighted by molar-refractivity contribution is 0.0641. The minimum atomic E-state index is 0.117. The largest absolute Gasteiger partial charge is 0.487 e. The molecule has 8 heteroatoms. The van der Waals surface area contributed by atoms with Gasteiger partial charge in [0.05, 0.1) is 30.1 Å². The van der Waals surface area contributed by atoms with Crippen molar-refractivity contribution in [3.63, 3.8) is 0 Å². The van der Waals surface area contributed by atoms with Crippen molar-refractivity contribution in [2.24, 2.45) is 0 Å². The molecule has 5 rings (SSSR count). The second-order valence-corrected chi connectivity index (χ2v) is 7.67. The Balaban J connectivity index is 1.41. The van der Waals surface area contributed by atoms with Crippen molar-refractivity contribution in [3.05, 3.63) is 35.6 Å². The molecule has 0 saturated carbocycles. The fourth-order valence-corrected chi connectivity index (χ4v) is 4.91. The number of aromatic amines is 1. The van der Waals surface area contributed by atoms with E-state index < -0.39 is 0 Å². The van der Waals surface area contributed by atoms with Crippen molar-refractivity contribution in [2.75, 3.05) is 25.1 Å². The molecule has 7 nitrogen and oxygen atoms in total. The molecule has 1 N–H and O–H groups in total. The summed E-state index contributed by atoms with van der Waals surface area (Å²) in [6.45, 7) is 1.61. The van der Waals surface area contributed by atoms with Crippen LogP contribution in [0.25, 0.3) is 11.0 Å². The van der Waals surface area contributed by atoms with Crippen molar-refractivity contribution in [3.8, 4) is 5.06 Å². The maximum atomic E-state index is 13.0. The number of aromatic nitrogens is 3. The highest BCUT2D eigenvalue weighted by atomic mass is 32.1. The van der Waals surface area contributed by atoms with E-state index in [9.17, 15) is 4.79 Å². The minimum Gasteiger partial charge on any atom is -0.487 e. The molecule has 2 atom stereocenters. The standard InChI is InChI=1S/C18H19N5O2S/c1-25-15-6-11(9-26-15)18(24)23-12-2-3-13(23)8-22(7-12)17-14-4-5-19-16(14)20-10-21-17/h4-6,9-10,12-13H,2-3,7-8H2,1H3,(H,19,20,21)/t12-,13+. The van der Waals surface area contributed by atoms with Crippen molar-refractivity contribution in [2.45, 2.75) is 24.9 Å². The number of H-pyrrole nitrogens is 1. The van der Waals surface area contributed by atoms with Crippen LogP contribution in [-0.4, -0.2) is 58.0 Å². The number of hydrogen-bond acceptors (Lipinski definition) is 6. The molecule has 2 saturated heterocycles. The van der Waals surface area contributed by atoms with Crippen LogP contribution in [0.4, 0.5) is 5.82 Å². The van der Waals surface area contributed by atoms with Gasteiger partial charge in [0.2, 0.25) is 0 Å². The Bertz CT molecular complexity index is 953. The first-order chi connectivity index (χ1) is 12.7. The number of piperazine rings is 1. The summed E-state index contributed by atoms with van der Waals surface area (Å²) in [6, 6.07) is 4.29. The molecule has 3 aromatic heterocycles. The lowest BCUT2D eigenvalue weighted by Gasteiger charge is -2.41. The van der Waals surface area contributed by atoms with E-state index in [1.165, 1.54) is 11.3 Å². The van der Waals surface area contributed by atoms with Crippen molar-refractivity contribution < 1.29 is 9.53 Å². The third-order valence-electron chi connectivity index (χ3n) is 5.37. The van der Waals surface area contributed by atoms with Gasteiger partial charge in [-0.25, -0.2) is 9.97 Å². The summed E-state index contributed by atoms with van der Waals surface area (Å²) in [4.78, 5) is 29.3. The smallest absolute Gasteiger partial charge is 0.255 e. The third-order valence-corrected chi connectivity index (χ3v) is 6.26. The summed E-state index contributed by atoms with van der Waals surface area (Å²) in [7, 11) is 1.63. The lowest BCUT2D eigenvalue weighted by Crippen LogP contribution is -2.56. The molecular formula is C18H19N5O2S. The van der Waals surface area contributed by atoms with E-state index in [2.05, 4.69) is 24.8 Å². The summed E-state index contributed by atoms with van der Waals surface area (Å²) in [5.41, 5.74) is 1.58. The Morgan fingerprint density at radius 3 is 2.85 bits per heavy atom. The topological polar surface area (TPSA) is 74.3 Å². The first kappa shape index (κ1) is 15.6. The molecular weight excluding hydrogens is 350 g/mol. The average molecular weight is 369 g/mol. The first-order valence-electron chi connectivity index (χ1n) is 8.73. The highest BCUT2D eigenvalue weighted by molar-refractivity contribution is 7.12. The number of carbonyl (C=O) groups is 1. The number of rotatable bonds is 3. The predicted octanol–water partition coefficient (Wildman–Crippen LogP) is 2.52. The molecule has 134 valence electrons. The van der Waals surface area contributed by atoms with Gasteiger partial charge in [-0.3, -0.25) is 4.79 Å². The van der Waals surface area contributed by atoms with E-state index in [0.29, 0.717) is 0 Å². The summed E-state index contributed by atoms with van der Waals surface area (Å²) >= 11 is 1.46. The van der Waals surface area contributed by atoms with Crippen molar-refractivity contribution >= 4 is 34.1 Å². The van der Waals surface area contributed by atoms with Gasteiger partial charge in [-0.2, -0.15) is 0 Å². The number of ether oxygens (including phenoxy) is 1. The number of nitrogens with one attached hydrogen (secondary N) is 1. The molecule has 2 fully saturated rings. The molecule has 1 amide bonds. The van der Waals surface area contributed by atoms with Crippen LogP contribution in [-0.2, 0) is 0 Å². The molecule has 5 heterocycles. The summed E-state index contributed by atoms with van der Waals surface area (Å²) in [5.74, 6) is 1.07. The van der Waals surface area contributed by atoms with Crippen LogP contribution in [0.3, 0.4) is 0 Å². The molecule has 2 aliphatic rings. The van der Waals surface area contributed by atoms with Crippen LogP contribution in [0.1, 0.15) is 23.2 Å². The van der Waals surface area contributed by atoms with Crippen LogP contribution in [0, 0.1) is 0 Å². The van der Waals surface area contributed by atoms with E-state index in [-0.39, 0.29) is 18.0 Å². The summed E-state index contributed by atoms with van der Waals surface area (Å²) < 4.78 is 5.23. The Kier molecular flexibility index (Phi) is 3.59. The fourth-order valence-electron chi connectivity index (χ4n) is 4.20. The monoisotopic (exact) mass is 369 g/mol. The van der Waals surface area contributed by atoms with Crippen LogP contribution < -0.4 is 9.64 Å². The van der Waals surface area contributed by atoms with Crippen LogP contribution in [0.2, 0.25) is 0 Å². The molecule has 26 heavy (non-hydrogen) atoms. The van der Waals surface area contributed by atoms with Gasteiger partial charge in [-0.1, -0.05) is 0 Å². The number of hydrogen-bond donors (Lipinski definition) is 1. The molecule has 0 spiro atoms. The van der Waals surface area contributed by atoms with Crippen LogP contribution >= 0.6 is 11.3 Å². The number of fused-ring (bicyclic) bond motifs is 3.